The zero-order valence-electron chi connectivity index (χ0n) is 11.5. The van der Waals surface area contributed by atoms with E-state index in [0.717, 1.165) is 0 Å². The van der Waals surface area contributed by atoms with Crippen molar-refractivity contribution in [2.45, 2.75) is 47.3 Å². The quantitative estimate of drug-likeness (QED) is 0.590. The smallest absolute Gasteiger partial charge is 0.186 e. The molecule has 0 saturated carbocycles. The molecule has 2 N–H and O–H groups in total. The monoisotopic (exact) mass is 252 g/mol. The van der Waals surface area contributed by atoms with E-state index in [1.165, 1.54) is 0 Å². The fourth-order valence-electron chi connectivity index (χ4n) is 2.47. The molecule has 0 bridgehead atoms. The average molecular weight is 252 g/mol. The van der Waals surface area contributed by atoms with Crippen molar-refractivity contribution in [1.29, 1.82) is 0 Å². The molecule has 0 fully saturated rings. The number of carbonyl (C=O) groups is 2. The van der Waals surface area contributed by atoms with Crippen molar-refractivity contribution in [3.63, 3.8) is 0 Å². The molecule has 1 aliphatic carbocycles. The maximum absolute atomic E-state index is 12.3. The van der Waals surface area contributed by atoms with Crippen molar-refractivity contribution in [3.8, 4) is 0 Å². The summed E-state index contributed by atoms with van der Waals surface area (Å²) in [6, 6.07) is 0. The van der Waals surface area contributed by atoms with Gasteiger partial charge in [-0.25, -0.2) is 0 Å². The fourth-order valence-corrected chi connectivity index (χ4v) is 2.47. The first-order valence-corrected chi connectivity index (χ1v) is 5.94. The van der Waals surface area contributed by atoms with Crippen LogP contribution in [0.25, 0.3) is 0 Å². The number of Topliss-reactive ketones (excluding diaryl/α,β-unsaturated/α-hetero) is 2. The summed E-state index contributed by atoms with van der Waals surface area (Å²) in [4.78, 5) is 24.3. The van der Waals surface area contributed by atoms with Crippen molar-refractivity contribution < 1.29 is 19.8 Å². The molecule has 0 spiro atoms. The molecule has 100 valence electrons. The molecule has 0 aromatic carbocycles. The Hall–Kier alpha value is -1.26. The van der Waals surface area contributed by atoms with Crippen molar-refractivity contribution in [2.24, 2.45) is 5.41 Å². The second-order valence-corrected chi connectivity index (χ2v) is 5.48. The molecule has 4 nitrogen and oxygen atoms in total. The van der Waals surface area contributed by atoms with Crippen LogP contribution < -0.4 is 0 Å². The first-order valence-electron chi connectivity index (χ1n) is 5.94. The Morgan fingerprint density at radius 1 is 0.944 bits per heavy atom. The molecule has 0 atom stereocenters. The lowest BCUT2D eigenvalue weighted by Gasteiger charge is -2.32. The maximum atomic E-state index is 12.3. The minimum absolute atomic E-state index is 0.0189. The van der Waals surface area contributed by atoms with Gasteiger partial charge in [-0.2, -0.15) is 0 Å². The van der Waals surface area contributed by atoms with Gasteiger partial charge in [0.15, 0.2) is 17.9 Å². The number of hydrogen-bond acceptors (Lipinski definition) is 4. The number of rotatable bonds is 3. The molecule has 0 aliphatic heterocycles. The molecule has 0 unspecified atom stereocenters. The molecule has 0 aromatic heterocycles. The Morgan fingerprint density at radius 3 is 1.83 bits per heavy atom. The van der Waals surface area contributed by atoms with Gasteiger partial charge in [0.1, 0.15) is 0 Å². The molecule has 0 amide bonds. The molecule has 1 rings (SSSR count). The molecule has 1 aliphatic rings. The van der Waals surface area contributed by atoms with E-state index < -0.39 is 11.7 Å². The van der Waals surface area contributed by atoms with Crippen molar-refractivity contribution in [2.75, 3.05) is 0 Å². The molecule has 4 heteroatoms. The highest BCUT2D eigenvalue weighted by Gasteiger charge is 2.37. The summed E-state index contributed by atoms with van der Waals surface area (Å²) in [6.45, 7) is 8.38. The standard InChI is InChI=1S/C14H20O4/c1-7-8(2)13(18)11(9(3)12(7)17)14(4,5)6-10(15)16/h10,15-16H,6H2,1-5H3. The zero-order chi connectivity index (χ0) is 14.2. The van der Waals surface area contributed by atoms with Crippen molar-refractivity contribution >= 4 is 11.6 Å². The summed E-state index contributed by atoms with van der Waals surface area (Å²) >= 11 is 0. The topological polar surface area (TPSA) is 74.6 Å². The van der Waals surface area contributed by atoms with Gasteiger partial charge in [0, 0.05) is 28.7 Å². The summed E-state index contributed by atoms with van der Waals surface area (Å²) in [5.74, 6) is -0.308. The summed E-state index contributed by atoms with van der Waals surface area (Å²) in [6.07, 6.45) is -1.49. The minimum Gasteiger partial charge on any atom is -0.368 e. The zero-order valence-corrected chi connectivity index (χ0v) is 11.5. The highest BCUT2D eigenvalue weighted by molar-refractivity contribution is 6.25. The molecule has 0 radical (unpaired) electrons. The summed E-state index contributed by atoms with van der Waals surface area (Å²) in [7, 11) is 0. The van der Waals surface area contributed by atoms with Crippen LogP contribution in [0.3, 0.4) is 0 Å². The molecule has 18 heavy (non-hydrogen) atoms. The number of carbonyl (C=O) groups excluding carboxylic acids is 2. The molecule has 0 aromatic rings. The molecular weight excluding hydrogens is 232 g/mol. The van der Waals surface area contributed by atoms with Gasteiger partial charge in [0.05, 0.1) is 0 Å². The third-order valence-corrected chi connectivity index (χ3v) is 3.56. The number of allylic oxidation sites excluding steroid dienone is 4. The van der Waals surface area contributed by atoms with Crippen LogP contribution in [0.2, 0.25) is 0 Å². The van der Waals surface area contributed by atoms with Crippen LogP contribution in [0.4, 0.5) is 0 Å². The van der Waals surface area contributed by atoms with Gasteiger partial charge in [0.2, 0.25) is 0 Å². The predicted octanol–water partition coefficient (Wildman–Crippen LogP) is 1.52. The molecular formula is C14H20O4. The highest BCUT2D eigenvalue weighted by atomic mass is 16.5. The number of ketones is 2. The van der Waals surface area contributed by atoms with Crippen molar-refractivity contribution in [1.82, 2.24) is 0 Å². The predicted molar refractivity (Wildman–Crippen MR) is 67.7 cm³/mol. The van der Waals surface area contributed by atoms with Gasteiger partial charge in [-0.05, 0) is 26.2 Å². The van der Waals surface area contributed by atoms with Crippen LogP contribution in [-0.2, 0) is 9.59 Å². The lowest BCUT2D eigenvalue weighted by atomic mass is 9.71. The van der Waals surface area contributed by atoms with Gasteiger partial charge < -0.3 is 10.2 Å². The van der Waals surface area contributed by atoms with E-state index in [-0.39, 0.29) is 18.0 Å². The van der Waals surface area contributed by atoms with E-state index in [9.17, 15) is 9.59 Å². The Kier molecular flexibility index (Phi) is 3.93. The van der Waals surface area contributed by atoms with Gasteiger partial charge in [-0.3, -0.25) is 9.59 Å². The summed E-state index contributed by atoms with van der Waals surface area (Å²) < 4.78 is 0. The van der Waals surface area contributed by atoms with E-state index in [2.05, 4.69) is 0 Å². The van der Waals surface area contributed by atoms with Gasteiger partial charge in [-0.15, -0.1) is 0 Å². The Balaban J connectivity index is 3.32. The molecule has 0 heterocycles. The first-order chi connectivity index (χ1) is 8.09. The van der Waals surface area contributed by atoms with E-state index in [0.29, 0.717) is 22.3 Å². The number of aliphatic hydroxyl groups is 2. The van der Waals surface area contributed by atoms with Crippen molar-refractivity contribution in [3.05, 3.63) is 22.3 Å². The largest absolute Gasteiger partial charge is 0.368 e. The maximum Gasteiger partial charge on any atom is 0.186 e. The first kappa shape index (κ1) is 14.8. The van der Waals surface area contributed by atoms with Gasteiger partial charge in [0.25, 0.3) is 0 Å². The second kappa shape index (κ2) is 4.78. The highest BCUT2D eigenvalue weighted by Crippen LogP contribution is 2.39. The van der Waals surface area contributed by atoms with Gasteiger partial charge >= 0.3 is 0 Å². The number of hydrogen-bond donors (Lipinski definition) is 2. The number of aliphatic hydroxyl groups excluding tert-OH is 1. The third-order valence-electron chi connectivity index (χ3n) is 3.56. The van der Waals surface area contributed by atoms with Crippen LogP contribution in [-0.4, -0.2) is 28.1 Å². The van der Waals surface area contributed by atoms with Crippen LogP contribution in [0.15, 0.2) is 22.3 Å². The van der Waals surface area contributed by atoms with Crippen LogP contribution in [0.5, 0.6) is 0 Å². The van der Waals surface area contributed by atoms with E-state index in [1.807, 2.05) is 0 Å². The molecule has 0 saturated heterocycles. The lowest BCUT2D eigenvalue weighted by Crippen LogP contribution is -2.32. The van der Waals surface area contributed by atoms with E-state index >= 15 is 0 Å². The van der Waals surface area contributed by atoms with E-state index in [4.69, 9.17) is 10.2 Å². The normalized spacial score (nSPS) is 18.2. The summed E-state index contributed by atoms with van der Waals surface area (Å²) in [5, 5.41) is 18.2. The van der Waals surface area contributed by atoms with Crippen LogP contribution in [0, 0.1) is 5.41 Å². The second-order valence-electron chi connectivity index (χ2n) is 5.48. The van der Waals surface area contributed by atoms with Crippen LogP contribution in [0.1, 0.15) is 41.0 Å². The average Bonchev–Trinajstić information content (AvgIpc) is 2.21. The van der Waals surface area contributed by atoms with Gasteiger partial charge in [-0.1, -0.05) is 13.8 Å². The Bertz CT molecular complexity index is 464. The summed E-state index contributed by atoms with van der Waals surface area (Å²) in [5.41, 5.74) is 0.979. The minimum atomic E-state index is -1.50. The third kappa shape index (κ3) is 2.44. The lowest BCUT2D eigenvalue weighted by molar-refractivity contribution is -0.118. The Morgan fingerprint density at radius 2 is 1.39 bits per heavy atom. The van der Waals surface area contributed by atoms with Crippen LogP contribution >= 0.6 is 0 Å². The fraction of sp³-hybridized carbons (Fsp3) is 0.571. The Labute approximate surface area is 107 Å². The van der Waals surface area contributed by atoms with E-state index in [1.54, 1.807) is 34.6 Å². The SMILES string of the molecule is CC1=C(C)C(=O)C(C(C)(C)CC(O)O)=C(C)C1=O.